The Morgan fingerprint density at radius 3 is 1.56 bits per heavy atom. The Labute approximate surface area is 342 Å². The smallest absolute Gasteiger partial charge is 0.397 e. The van der Waals surface area contributed by atoms with Crippen LogP contribution in [0.4, 0.5) is 34.1 Å². The van der Waals surface area contributed by atoms with E-state index < -0.39 is 79.0 Å². The molecule has 0 fully saturated rings. The van der Waals surface area contributed by atoms with E-state index in [0.29, 0.717) is 0 Å². The van der Waals surface area contributed by atoms with Crippen LogP contribution in [0.2, 0.25) is 0 Å². The number of sulfone groups is 1. The number of phenolic OH excluding ortho intramolecular Hbond substituents is 2. The molecule has 0 unspecified atom stereocenters. The fourth-order valence-electron chi connectivity index (χ4n) is 4.86. The minimum atomic E-state index is -4.83. The minimum absolute atomic E-state index is 0. The quantitative estimate of drug-likeness (QED) is 0.0306. The zero-order valence-electron chi connectivity index (χ0n) is 29.3. The van der Waals surface area contributed by atoms with Crippen molar-refractivity contribution in [1.29, 1.82) is 0 Å². The molecule has 0 aliphatic rings. The number of carbonyl (C=O) groups is 3. The normalized spacial score (nSPS) is 11.9. The summed E-state index contributed by atoms with van der Waals surface area (Å²) >= 11 is 0. The van der Waals surface area contributed by atoms with Gasteiger partial charge in [-0.3, -0.25) is 4.55 Å². The number of nitrogens with zero attached hydrogens (tertiary/aromatic N) is 6. The molecule has 0 spiro atoms. The number of rotatable bonds is 15. The van der Waals surface area contributed by atoms with Gasteiger partial charge in [0.25, 0.3) is 0 Å². The molecule has 21 nitrogen and oxygen atoms in total. The third-order valence-electron chi connectivity index (χ3n) is 7.69. The fraction of sp³-hybridized carbons (Fsp3) is 0.0571. The summed E-state index contributed by atoms with van der Waals surface area (Å²) in [6.45, 7) is -0.830. The zero-order valence-corrected chi connectivity index (χ0v) is 31.8. The standard InChI is InChI=1S/C35H26N6O15S2.Cu/c42-29-11-5-21(17-25(29)35(49)50)37-38-26-8-1-18(15-23(26)33(45)46)19-2-9-27(24(16-19)34(47)48)39-40-28-10-12-30(43)31(32(28)44)41-36-20-3-6-22(7-4-20)57(51,52)14-13-56-58(53,54)55;/h1-12,15-17,42-44H,13-14H2,(H,45,46)(H,47,48)(H,49,50)(H,53,54,55);. The van der Waals surface area contributed by atoms with Crippen LogP contribution in [0.1, 0.15) is 31.1 Å². The van der Waals surface area contributed by atoms with Crippen LogP contribution in [0.5, 0.6) is 17.2 Å². The van der Waals surface area contributed by atoms with Gasteiger partial charge in [0.15, 0.2) is 21.3 Å². The maximum atomic E-state index is 12.4. The van der Waals surface area contributed by atoms with E-state index >= 15 is 0 Å². The SMILES string of the molecule is O=C(O)c1cc(N=Nc2ccc(-c3ccc(N=Nc4ccc(O)c(N=Nc5ccc(S(=O)(=O)CCOS(=O)(=O)O)cc5)c4O)c(C(=O)O)c3)cc2C(=O)O)ccc1O.[Cu]. The van der Waals surface area contributed by atoms with Gasteiger partial charge in [0, 0.05) is 17.1 Å². The van der Waals surface area contributed by atoms with Gasteiger partial charge in [-0.25, -0.2) is 27.0 Å². The predicted molar refractivity (Wildman–Crippen MR) is 199 cm³/mol. The molecule has 0 aliphatic carbocycles. The van der Waals surface area contributed by atoms with Gasteiger partial charge in [-0.15, -0.1) is 20.5 Å². The number of hydrogen-bond acceptors (Lipinski definition) is 17. The van der Waals surface area contributed by atoms with Crippen LogP contribution < -0.4 is 0 Å². The Morgan fingerprint density at radius 1 is 0.542 bits per heavy atom. The van der Waals surface area contributed by atoms with Crippen molar-refractivity contribution in [1.82, 2.24) is 0 Å². The van der Waals surface area contributed by atoms with E-state index in [1.165, 1.54) is 54.6 Å². The van der Waals surface area contributed by atoms with Crippen molar-refractivity contribution in [2.24, 2.45) is 30.7 Å². The molecule has 7 N–H and O–H groups in total. The number of phenols is 3. The second-order valence-corrected chi connectivity index (χ2v) is 14.7. The van der Waals surface area contributed by atoms with E-state index in [1.54, 1.807) is 0 Å². The number of aromatic hydroxyl groups is 3. The van der Waals surface area contributed by atoms with E-state index in [0.717, 1.165) is 36.4 Å². The fourth-order valence-corrected chi connectivity index (χ4v) is 6.35. The van der Waals surface area contributed by atoms with Crippen molar-refractivity contribution in [2.45, 2.75) is 4.90 Å². The van der Waals surface area contributed by atoms with Crippen molar-refractivity contribution in [3.63, 3.8) is 0 Å². The van der Waals surface area contributed by atoms with Crippen molar-refractivity contribution in [3.8, 4) is 28.4 Å². The Balaban J connectivity index is 0.00000769. The average molecular weight is 898 g/mol. The van der Waals surface area contributed by atoms with E-state index in [2.05, 4.69) is 34.9 Å². The molecule has 0 saturated carbocycles. The molecular weight excluding hydrogens is 872 g/mol. The van der Waals surface area contributed by atoms with Crippen LogP contribution >= 0.6 is 0 Å². The van der Waals surface area contributed by atoms with E-state index in [9.17, 15) is 61.9 Å². The molecule has 0 amide bonds. The van der Waals surface area contributed by atoms with Crippen molar-refractivity contribution < 1.29 is 87.7 Å². The molecule has 0 heterocycles. The third kappa shape index (κ3) is 11.3. The molecule has 24 heteroatoms. The first kappa shape index (κ1) is 44.8. The van der Waals surface area contributed by atoms with Crippen LogP contribution in [0.3, 0.4) is 0 Å². The molecule has 0 saturated heterocycles. The topological polar surface area (TPSA) is 344 Å². The van der Waals surface area contributed by atoms with Crippen LogP contribution in [-0.2, 0) is 41.5 Å². The van der Waals surface area contributed by atoms with E-state index in [-0.39, 0.29) is 72.7 Å². The molecule has 5 aromatic rings. The Kier molecular flexibility index (Phi) is 14.1. The largest absolute Gasteiger partial charge is 0.507 e. The molecule has 1 radical (unpaired) electrons. The first-order valence-corrected chi connectivity index (χ1v) is 18.9. The number of hydrogen-bond donors (Lipinski definition) is 7. The minimum Gasteiger partial charge on any atom is -0.507 e. The zero-order chi connectivity index (χ0) is 42.4. The van der Waals surface area contributed by atoms with Gasteiger partial charge in [-0.2, -0.15) is 18.6 Å². The van der Waals surface area contributed by atoms with Gasteiger partial charge >= 0.3 is 28.3 Å². The molecule has 0 aromatic heterocycles. The number of benzene rings is 5. The number of azo groups is 3. The molecule has 5 rings (SSSR count). The summed E-state index contributed by atoms with van der Waals surface area (Å²) in [6, 6.07) is 18.2. The number of carboxylic acids is 3. The summed E-state index contributed by atoms with van der Waals surface area (Å²) in [5, 5.41) is 83.1. The predicted octanol–water partition coefficient (Wildman–Crippen LogP) is 7.40. The first-order valence-electron chi connectivity index (χ1n) is 15.9. The van der Waals surface area contributed by atoms with Crippen LogP contribution in [0.25, 0.3) is 11.1 Å². The maximum Gasteiger partial charge on any atom is 0.397 e. The van der Waals surface area contributed by atoms with Gasteiger partial charge in [-0.05, 0) is 90.0 Å². The van der Waals surface area contributed by atoms with Crippen molar-refractivity contribution in [3.05, 3.63) is 108 Å². The summed E-state index contributed by atoms with van der Waals surface area (Å²) in [4.78, 5) is 35.4. The van der Waals surface area contributed by atoms with Crippen molar-refractivity contribution >= 4 is 72.3 Å². The first-order chi connectivity index (χ1) is 27.3. The Morgan fingerprint density at radius 2 is 1.02 bits per heavy atom. The molecule has 0 atom stereocenters. The maximum absolute atomic E-state index is 12.4. The van der Waals surface area contributed by atoms with Gasteiger partial charge in [0.05, 0.1) is 39.8 Å². The summed E-state index contributed by atoms with van der Waals surface area (Å²) in [6.07, 6.45) is 0. The van der Waals surface area contributed by atoms with E-state index in [4.69, 9.17) is 4.55 Å². The van der Waals surface area contributed by atoms with Gasteiger partial charge in [0.2, 0.25) is 0 Å². The molecule has 309 valence electrons. The third-order valence-corrected chi connectivity index (χ3v) is 9.85. The molecule has 59 heavy (non-hydrogen) atoms. The summed E-state index contributed by atoms with van der Waals surface area (Å²) in [5.74, 6) is -6.80. The van der Waals surface area contributed by atoms with Crippen LogP contribution in [0.15, 0.2) is 127 Å². The second kappa shape index (κ2) is 18.5. The summed E-state index contributed by atoms with van der Waals surface area (Å²) in [5.41, 5.74) is -1.63. The van der Waals surface area contributed by atoms with Gasteiger partial charge in [-0.1, -0.05) is 12.1 Å². The molecular formula is C35H26CuN6O15S2. The average Bonchev–Trinajstić information content (AvgIpc) is 3.16. The second-order valence-electron chi connectivity index (χ2n) is 11.5. The van der Waals surface area contributed by atoms with Gasteiger partial charge in [0.1, 0.15) is 34.1 Å². The molecule has 5 aromatic carbocycles. The van der Waals surface area contributed by atoms with Crippen LogP contribution in [-0.4, -0.2) is 82.3 Å². The number of carboxylic acid groups (broad SMARTS) is 3. The Hall–Kier alpha value is -6.95. The Bertz CT molecular complexity index is 2780. The summed E-state index contributed by atoms with van der Waals surface area (Å²) in [7, 11) is -8.85. The molecule has 0 aliphatic heterocycles. The van der Waals surface area contributed by atoms with Crippen LogP contribution in [0, 0.1) is 0 Å². The van der Waals surface area contributed by atoms with Gasteiger partial charge < -0.3 is 30.6 Å². The summed E-state index contributed by atoms with van der Waals surface area (Å²) < 4.78 is 58.8. The number of aromatic carboxylic acids is 3. The van der Waals surface area contributed by atoms with E-state index in [1.807, 2.05) is 0 Å². The monoisotopic (exact) mass is 897 g/mol. The van der Waals surface area contributed by atoms with Crippen molar-refractivity contribution in [2.75, 3.05) is 12.4 Å². The molecule has 0 bridgehead atoms.